The number of carbonyl (C=O) groups is 1. The van der Waals surface area contributed by atoms with Crippen LogP contribution in [0.2, 0.25) is 0 Å². The lowest BCUT2D eigenvalue weighted by Gasteiger charge is -2.10. The Morgan fingerprint density at radius 3 is 2.88 bits per heavy atom. The molecule has 0 bridgehead atoms. The molecule has 1 aliphatic rings. The number of rotatable bonds is 3. The van der Waals surface area contributed by atoms with Gasteiger partial charge in [0.05, 0.1) is 18.4 Å². The number of hydrogen-bond acceptors (Lipinski definition) is 4. The monoisotopic (exact) mass is 255 g/mol. The molecule has 0 radical (unpaired) electrons. The highest BCUT2D eigenvalue weighted by atomic mass is 32.2. The van der Waals surface area contributed by atoms with Gasteiger partial charge >= 0.3 is 6.09 Å². The van der Waals surface area contributed by atoms with Gasteiger partial charge in [0.2, 0.25) is 0 Å². The van der Waals surface area contributed by atoms with E-state index in [1.807, 2.05) is 30.3 Å². The third-order valence-electron chi connectivity index (χ3n) is 2.27. The second-order valence-corrected chi connectivity index (χ2v) is 4.83. The molecule has 17 heavy (non-hydrogen) atoms. The Hall–Kier alpha value is -1.40. The summed E-state index contributed by atoms with van der Waals surface area (Å²) >= 11 is -1.28. The van der Waals surface area contributed by atoms with Gasteiger partial charge in [0.25, 0.3) is 0 Å². The second kappa shape index (κ2) is 5.79. The zero-order valence-corrected chi connectivity index (χ0v) is 9.94. The number of amides is 1. The summed E-state index contributed by atoms with van der Waals surface area (Å²) in [5.41, 5.74) is 0.925. The molecule has 1 heterocycles. The molecular formula is C11H13NO4S. The average Bonchev–Trinajstić information content (AvgIpc) is 2.73. The largest absolute Gasteiger partial charge is 0.445 e. The van der Waals surface area contributed by atoms with Crippen LogP contribution in [0.5, 0.6) is 0 Å². The first-order valence-corrected chi connectivity index (χ1v) is 6.47. The Morgan fingerprint density at radius 2 is 2.24 bits per heavy atom. The number of hydrogen-bond donors (Lipinski definition) is 1. The van der Waals surface area contributed by atoms with E-state index in [2.05, 4.69) is 5.32 Å². The fraction of sp³-hybridized carbons (Fsp3) is 0.364. The van der Waals surface area contributed by atoms with Gasteiger partial charge in [-0.25, -0.2) is 9.00 Å². The first-order chi connectivity index (χ1) is 8.24. The summed E-state index contributed by atoms with van der Waals surface area (Å²) in [6.45, 7) is 0.496. The molecule has 0 aliphatic carbocycles. The maximum Gasteiger partial charge on any atom is 0.407 e. The van der Waals surface area contributed by atoms with Crippen molar-refractivity contribution in [2.45, 2.75) is 12.6 Å². The van der Waals surface area contributed by atoms with Gasteiger partial charge in [0, 0.05) is 0 Å². The maximum absolute atomic E-state index is 11.4. The van der Waals surface area contributed by atoms with Crippen LogP contribution in [0.15, 0.2) is 30.3 Å². The van der Waals surface area contributed by atoms with Crippen LogP contribution in [0.3, 0.4) is 0 Å². The van der Waals surface area contributed by atoms with Gasteiger partial charge in [0.15, 0.2) is 11.1 Å². The molecule has 1 saturated heterocycles. The summed E-state index contributed by atoms with van der Waals surface area (Å²) < 4.78 is 20.8. The van der Waals surface area contributed by atoms with Gasteiger partial charge in [-0.15, -0.1) is 0 Å². The van der Waals surface area contributed by atoms with Gasteiger partial charge in [-0.05, 0) is 5.56 Å². The van der Waals surface area contributed by atoms with Crippen LogP contribution in [-0.4, -0.2) is 28.7 Å². The van der Waals surface area contributed by atoms with Gasteiger partial charge in [-0.1, -0.05) is 30.3 Å². The molecular weight excluding hydrogens is 242 g/mol. The summed E-state index contributed by atoms with van der Waals surface area (Å²) in [6, 6.07) is 9.19. The van der Waals surface area contributed by atoms with Gasteiger partial charge in [0.1, 0.15) is 6.61 Å². The Morgan fingerprint density at radius 1 is 1.47 bits per heavy atom. The van der Waals surface area contributed by atoms with Gasteiger partial charge in [-0.3, -0.25) is 4.18 Å². The lowest BCUT2D eigenvalue weighted by molar-refractivity contribution is 0.135. The molecule has 0 saturated carbocycles. The van der Waals surface area contributed by atoms with Crippen LogP contribution in [0.1, 0.15) is 5.56 Å². The predicted molar refractivity (Wildman–Crippen MR) is 62.5 cm³/mol. The van der Waals surface area contributed by atoms with Crippen LogP contribution in [-0.2, 0) is 26.6 Å². The molecule has 1 N–H and O–H groups in total. The van der Waals surface area contributed by atoms with Crippen molar-refractivity contribution < 1.29 is 17.9 Å². The van der Waals surface area contributed by atoms with Crippen molar-refractivity contribution in [2.24, 2.45) is 0 Å². The lowest BCUT2D eigenvalue weighted by Crippen LogP contribution is -2.37. The number of nitrogens with one attached hydrogen (secondary N) is 1. The predicted octanol–water partition coefficient (Wildman–Crippen LogP) is 0.975. The molecule has 2 rings (SSSR count). The van der Waals surface area contributed by atoms with Crippen LogP contribution >= 0.6 is 0 Å². The molecule has 6 heteroatoms. The van der Waals surface area contributed by atoms with Crippen molar-refractivity contribution in [3.8, 4) is 0 Å². The summed E-state index contributed by atoms with van der Waals surface area (Å²) in [4.78, 5) is 11.4. The molecule has 2 atom stereocenters. The van der Waals surface area contributed by atoms with Crippen LogP contribution < -0.4 is 5.32 Å². The van der Waals surface area contributed by atoms with E-state index in [9.17, 15) is 9.00 Å². The second-order valence-electron chi connectivity index (χ2n) is 3.66. The van der Waals surface area contributed by atoms with E-state index in [4.69, 9.17) is 8.92 Å². The SMILES string of the molecule is O=C(N[C@@H]1CO[S@](=O)C1)OCc1ccccc1. The molecule has 1 aliphatic heterocycles. The van der Waals surface area contributed by atoms with E-state index < -0.39 is 17.2 Å². The highest BCUT2D eigenvalue weighted by Crippen LogP contribution is 2.05. The number of carbonyl (C=O) groups excluding carboxylic acids is 1. The first kappa shape index (κ1) is 12.1. The van der Waals surface area contributed by atoms with E-state index in [1.54, 1.807) is 0 Å². The van der Waals surface area contributed by atoms with Crippen molar-refractivity contribution >= 4 is 17.2 Å². The molecule has 92 valence electrons. The number of benzene rings is 1. The normalized spacial score (nSPS) is 23.3. The standard InChI is InChI=1S/C11H13NO4S/c13-11(12-10-7-16-17(14)8-10)15-6-9-4-2-1-3-5-9/h1-5,10H,6-8H2,(H,12,13)/t10-,17+/m1/s1. The molecule has 5 nitrogen and oxygen atoms in total. The fourth-order valence-corrected chi connectivity index (χ4v) is 2.35. The van der Waals surface area contributed by atoms with E-state index >= 15 is 0 Å². The quantitative estimate of drug-likeness (QED) is 0.874. The molecule has 0 aromatic heterocycles. The Bertz CT molecular complexity index is 409. The average molecular weight is 255 g/mol. The molecule has 1 aromatic carbocycles. The zero-order chi connectivity index (χ0) is 12.1. The highest BCUT2D eigenvalue weighted by molar-refractivity contribution is 7.80. The van der Waals surface area contributed by atoms with E-state index in [1.165, 1.54) is 0 Å². The third kappa shape index (κ3) is 3.83. The van der Waals surface area contributed by atoms with Crippen molar-refractivity contribution in [1.82, 2.24) is 5.32 Å². The minimum absolute atomic E-state index is 0.223. The summed E-state index contributed by atoms with van der Waals surface area (Å²) in [7, 11) is 0. The van der Waals surface area contributed by atoms with E-state index in [0.29, 0.717) is 5.75 Å². The summed E-state index contributed by atoms with van der Waals surface area (Å²) in [5.74, 6) is 0.320. The third-order valence-corrected chi connectivity index (χ3v) is 3.35. The number of alkyl carbamates (subject to hydrolysis) is 1. The molecule has 0 unspecified atom stereocenters. The zero-order valence-electron chi connectivity index (χ0n) is 9.13. The molecule has 0 spiro atoms. The number of ether oxygens (including phenoxy) is 1. The minimum atomic E-state index is -1.28. The van der Waals surface area contributed by atoms with Crippen molar-refractivity contribution in [3.63, 3.8) is 0 Å². The molecule has 1 aromatic rings. The smallest absolute Gasteiger partial charge is 0.407 e. The van der Waals surface area contributed by atoms with Gasteiger partial charge < -0.3 is 10.1 Å². The molecule has 1 amide bonds. The van der Waals surface area contributed by atoms with Crippen LogP contribution in [0.4, 0.5) is 4.79 Å². The minimum Gasteiger partial charge on any atom is -0.445 e. The first-order valence-electron chi connectivity index (χ1n) is 5.23. The van der Waals surface area contributed by atoms with Crippen molar-refractivity contribution in [3.05, 3.63) is 35.9 Å². The van der Waals surface area contributed by atoms with Crippen LogP contribution in [0, 0.1) is 0 Å². The Labute approximate surface area is 102 Å². The van der Waals surface area contributed by atoms with E-state index in [-0.39, 0.29) is 19.3 Å². The van der Waals surface area contributed by atoms with Crippen LogP contribution in [0.25, 0.3) is 0 Å². The van der Waals surface area contributed by atoms with E-state index in [0.717, 1.165) is 5.56 Å². The maximum atomic E-state index is 11.4. The van der Waals surface area contributed by atoms with Crippen molar-refractivity contribution in [1.29, 1.82) is 0 Å². The summed E-state index contributed by atoms with van der Waals surface area (Å²) in [6.07, 6.45) is -0.513. The fourth-order valence-electron chi connectivity index (χ4n) is 1.43. The van der Waals surface area contributed by atoms with Gasteiger partial charge in [-0.2, -0.15) is 0 Å². The lowest BCUT2D eigenvalue weighted by atomic mass is 10.2. The topological polar surface area (TPSA) is 64.6 Å². The summed E-state index contributed by atoms with van der Waals surface area (Å²) in [5, 5.41) is 2.60. The molecule has 1 fully saturated rings. The van der Waals surface area contributed by atoms with Crippen molar-refractivity contribution in [2.75, 3.05) is 12.4 Å². The Balaban J connectivity index is 1.73. The highest BCUT2D eigenvalue weighted by Gasteiger charge is 2.24. The Kier molecular flexibility index (Phi) is 4.11.